The van der Waals surface area contributed by atoms with Crippen molar-refractivity contribution in [1.82, 2.24) is 14.9 Å². The molecular formula is C13H23N5O3. The van der Waals surface area contributed by atoms with Gasteiger partial charge >= 0.3 is 5.69 Å². The third-order valence-electron chi connectivity index (χ3n) is 2.69. The molecule has 1 heterocycles. The second kappa shape index (κ2) is 8.35. The summed E-state index contributed by atoms with van der Waals surface area (Å²) in [4.78, 5) is 21.1. The van der Waals surface area contributed by atoms with E-state index in [1.54, 1.807) is 0 Å². The second-order valence-corrected chi connectivity index (χ2v) is 4.83. The molecule has 1 aromatic heterocycles. The summed E-state index contributed by atoms with van der Waals surface area (Å²) in [6.45, 7) is 5.52. The summed E-state index contributed by atoms with van der Waals surface area (Å²) in [5.41, 5.74) is -0.195. The quantitative estimate of drug-likeness (QED) is 0.547. The third-order valence-corrected chi connectivity index (χ3v) is 2.69. The van der Waals surface area contributed by atoms with Crippen LogP contribution in [0.2, 0.25) is 0 Å². The van der Waals surface area contributed by atoms with Crippen LogP contribution in [0.3, 0.4) is 0 Å². The zero-order valence-electron chi connectivity index (χ0n) is 13.0. The lowest BCUT2D eigenvalue weighted by Gasteiger charge is -2.13. The number of aromatic nitrogens is 2. The summed E-state index contributed by atoms with van der Waals surface area (Å²) >= 11 is 0. The van der Waals surface area contributed by atoms with Crippen LogP contribution in [-0.4, -0.2) is 53.6 Å². The van der Waals surface area contributed by atoms with Gasteiger partial charge in [0.15, 0.2) is 0 Å². The molecule has 0 aliphatic carbocycles. The number of likely N-dealkylation sites (N-methyl/N-ethyl adjacent to an activating group) is 1. The van der Waals surface area contributed by atoms with Gasteiger partial charge in [-0.05, 0) is 20.5 Å². The molecule has 0 bridgehead atoms. The minimum absolute atomic E-state index is 0.0426. The molecule has 21 heavy (non-hydrogen) atoms. The number of nitrogens with zero attached hydrogens (tertiary/aromatic N) is 4. The lowest BCUT2D eigenvalue weighted by atomic mass is 10.3. The van der Waals surface area contributed by atoms with Crippen LogP contribution in [0.5, 0.6) is 5.88 Å². The zero-order chi connectivity index (χ0) is 15.8. The lowest BCUT2D eigenvalue weighted by Crippen LogP contribution is -2.22. The predicted molar refractivity (Wildman–Crippen MR) is 80.9 cm³/mol. The summed E-state index contributed by atoms with van der Waals surface area (Å²) in [5.74, 6) is 0.792. The average molecular weight is 297 g/mol. The van der Waals surface area contributed by atoms with Gasteiger partial charge in [-0.15, -0.1) is 0 Å². The molecule has 8 heteroatoms. The summed E-state index contributed by atoms with van der Waals surface area (Å²) in [6, 6.07) is 0. The third kappa shape index (κ3) is 5.14. The topological polar surface area (TPSA) is 93.4 Å². The molecule has 0 aliphatic heterocycles. The SMILES string of the molecule is CCCOc1nc(CC)nc(NCCN(C)C)c1[N+](=O)[O-]. The summed E-state index contributed by atoms with van der Waals surface area (Å²) in [7, 11) is 3.87. The molecule has 0 aromatic carbocycles. The first-order chi connectivity index (χ1) is 9.99. The Kier molecular flexibility index (Phi) is 6.80. The number of hydrogen-bond donors (Lipinski definition) is 1. The number of rotatable bonds is 9. The van der Waals surface area contributed by atoms with Gasteiger partial charge in [0.1, 0.15) is 5.82 Å². The Morgan fingerprint density at radius 3 is 2.57 bits per heavy atom. The number of nitrogens with one attached hydrogen (secondary N) is 1. The van der Waals surface area contributed by atoms with Gasteiger partial charge in [0.25, 0.3) is 5.88 Å². The Morgan fingerprint density at radius 2 is 2.05 bits per heavy atom. The van der Waals surface area contributed by atoms with E-state index in [0.29, 0.717) is 25.4 Å². The van der Waals surface area contributed by atoms with Crippen molar-refractivity contribution in [1.29, 1.82) is 0 Å². The Bertz CT molecular complexity index is 479. The van der Waals surface area contributed by atoms with Crippen molar-refractivity contribution in [2.45, 2.75) is 26.7 Å². The molecule has 118 valence electrons. The second-order valence-electron chi connectivity index (χ2n) is 4.83. The van der Waals surface area contributed by atoms with Gasteiger partial charge in [0.2, 0.25) is 5.82 Å². The van der Waals surface area contributed by atoms with Crippen molar-refractivity contribution in [3.8, 4) is 5.88 Å². The fourth-order valence-corrected chi connectivity index (χ4v) is 1.62. The van der Waals surface area contributed by atoms with Crippen LogP contribution in [-0.2, 0) is 6.42 Å². The molecule has 0 spiro atoms. The summed E-state index contributed by atoms with van der Waals surface area (Å²) in [6.07, 6.45) is 1.34. The van der Waals surface area contributed by atoms with E-state index >= 15 is 0 Å². The number of aryl methyl sites for hydroxylation is 1. The van der Waals surface area contributed by atoms with Crippen LogP contribution in [0.1, 0.15) is 26.1 Å². The smallest absolute Gasteiger partial charge is 0.372 e. The Hall–Kier alpha value is -1.96. The Balaban J connectivity index is 3.08. The first-order valence-corrected chi connectivity index (χ1v) is 7.06. The van der Waals surface area contributed by atoms with Crippen molar-refractivity contribution in [3.63, 3.8) is 0 Å². The Morgan fingerprint density at radius 1 is 1.33 bits per heavy atom. The zero-order valence-corrected chi connectivity index (χ0v) is 13.0. The molecule has 1 rings (SSSR count). The van der Waals surface area contributed by atoms with E-state index in [1.807, 2.05) is 32.8 Å². The van der Waals surface area contributed by atoms with E-state index in [1.165, 1.54) is 0 Å². The molecule has 8 nitrogen and oxygen atoms in total. The molecule has 0 saturated carbocycles. The average Bonchev–Trinajstić information content (AvgIpc) is 2.43. The first kappa shape index (κ1) is 17.1. The minimum Gasteiger partial charge on any atom is -0.473 e. The van der Waals surface area contributed by atoms with Crippen molar-refractivity contribution in [3.05, 3.63) is 15.9 Å². The summed E-state index contributed by atoms with van der Waals surface area (Å²) < 4.78 is 5.41. The number of nitro groups is 1. The number of hydrogen-bond acceptors (Lipinski definition) is 7. The maximum absolute atomic E-state index is 11.3. The predicted octanol–water partition coefficient (Wildman–Crippen LogP) is 1.71. The van der Waals surface area contributed by atoms with E-state index in [0.717, 1.165) is 13.0 Å². The monoisotopic (exact) mass is 297 g/mol. The van der Waals surface area contributed by atoms with Crippen LogP contribution in [0, 0.1) is 10.1 Å². The van der Waals surface area contributed by atoms with Crippen LogP contribution < -0.4 is 10.1 Å². The molecular weight excluding hydrogens is 274 g/mol. The standard InChI is InChI=1S/C13H23N5O3/c1-5-9-21-13-11(18(19)20)12(14-7-8-17(3)4)15-10(6-2)16-13/h5-9H2,1-4H3,(H,14,15,16). The largest absolute Gasteiger partial charge is 0.473 e. The maximum Gasteiger partial charge on any atom is 0.372 e. The fraction of sp³-hybridized carbons (Fsp3) is 0.692. The highest BCUT2D eigenvalue weighted by Gasteiger charge is 2.25. The normalized spacial score (nSPS) is 10.7. The highest BCUT2D eigenvalue weighted by atomic mass is 16.6. The van der Waals surface area contributed by atoms with E-state index in [4.69, 9.17) is 4.74 Å². The fourth-order valence-electron chi connectivity index (χ4n) is 1.62. The molecule has 0 saturated heterocycles. The van der Waals surface area contributed by atoms with Crippen molar-refractivity contribution in [2.24, 2.45) is 0 Å². The van der Waals surface area contributed by atoms with Gasteiger partial charge in [0, 0.05) is 19.5 Å². The van der Waals surface area contributed by atoms with Gasteiger partial charge in [-0.25, -0.2) is 4.98 Å². The van der Waals surface area contributed by atoms with E-state index < -0.39 is 4.92 Å². The molecule has 0 atom stereocenters. The highest BCUT2D eigenvalue weighted by molar-refractivity contribution is 5.61. The highest BCUT2D eigenvalue weighted by Crippen LogP contribution is 2.32. The van der Waals surface area contributed by atoms with E-state index in [9.17, 15) is 10.1 Å². The molecule has 0 amide bonds. The van der Waals surface area contributed by atoms with Crippen molar-refractivity contribution in [2.75, 3.05) is 39.1 Å². The van der Waals surface area contributed by atoms with Crippen LogP contribution in [0.15, 0.2) is 0 Å². The molecule has 0 unspecified atom stereocenters. The van der Waals surface area contributed by atoms with Gasteiger partial charge in [-0.3, -0.25) is 10.1 Å². The molecule has 0 fully saturated rings. The number of ether oxygens (including phenoxy) is 1. The molecule has 0 radical (unpaired) electrons. The maximum atomic E-state index is 11.3. The first-order valence-electron chi connectivity index (χ1n) is 7.06. The van der Waals surface area contributed by atoms with Crippen LogP contribution >= 0.6 is 0 Å². The molecule has 0 aliphatic rings. The van der Waals surface area contributed by atoms with Crippen LogP contribution in [0.25, 0.3) is 0 Å². The van der Waals surface area contributed by atoms with Gasteiger partial charge < -0.3 is 15.0 Å². The van der Waals surface area contributed by atoms with E-state index in [2.05, 4.69) is 15.3 Å². The van der Waals surface area contributed by atoms with Gasteiger partial charge in [-0.2, -0.15) is 4.98 Å². The van der Waals surface area contributed by atoms with Gasteiger partial charge in [0.05, 0.1) is 11.5 Å². The number of anilines is 1. The lowest BCUT2D eigenvalue weighted by molar-refractivity contribution is -0.385. The van der Waals surface area contributed by atoms with Crippen molar-refractivity contribution >= 4 is 11.5 Å². The molecule has 1 N–H and O–H groups in total. The van der Waals surface area contributed by atoms with E-state index in [-0.39, 0.29) is 17.4 Å². The van der Waals surface area contributed by atoms with Crippen molar-refractivity contribution < 1.29 is 9.66 Å². The Labute approximate surface area is 124 Å². The van der Waals surface area contributed by atoms with Gasteiger partial charge in [-0.1, -0.05) is 13.8 Å². The molecule has 1 aromatic rings. The van der Waals surface area contributed by atoms with Crippen LogP contribution in [0.4, 0.5) is 11.5 Å². The minimum atomic E-state index is -0.498. The summed E-state index contributed by atoms with van der Waals surface area (Å²) in [5, 5.41) is 14.3.